The van der Waals surface area contributed by atoms with Crippen molar-refractivity contribution in [3.63, 3.8) is 0 Å². The zero-order chi connectivity index (χ0) is 18.4. The van der Waals surface area contributed by atoms with Crippen molar-refractivity contribution in [2.24, 2.45) is 0 Å². The Hall–Kier alpha value is -2.60. The second kappa shape index (κ2) is 8.67. The summed E-state index contributed by atoms with van der Waals surface area (Å²) in [7, 11) is 0. The maximum Gasteiger partial charge on any atom is 0.230 e. The van der Waals surface area contributed by atoms with Gasteiger partial charge in [0.2, 0.25) is 5.91 Å². The number of carbonyl (C=O) groups excluding carboxylic acids is 1. The number of imidazole rings is 1. The minimum Gasteiger partial charge on any atom is -0.355 e. The summed E-state index contributed by atoms with van der Waals surface area (Å²) in [4.78, 5) is 16.7. The first-order valence-electron chi connectivity index (χ1n) is 8.37. The summed E-state index contributed by atoms with van der Waals surface area (Å²) in [5.41, 5.74) is 2.94. The van der Waals surface area contributed by atoms with Gasteiger partial charge in [0.1, 0.15) is 5.82 Å². The summed E-state index contributed by atoms with van der Waals surface area (Å²) in [6.07, 6.45) is 2.49. The predicted octanol–water partition coefficient (Wildman–Crippen LogP) is 3.81. The van der Waals surface area contributed by atoms with Crippen molar-refractivity contribution in [2.75, 3.05) is 12.3 Å². The average molecular weight is 369 g/mol. The predicted molar refractivity (Wildman–Crippen MR) is 104 cm³/mol. The van der Waals surface area contributed by atoms with Gasteiger partial charge < -0.3 is 9.88 Å². The van der Waals surface area contributed by atoms with E-state index in [0.717, 1.165) is 21.8 Å². The Bertz CT molecular complexity index is 905. The molecule has 0 fully saturated rings. The normalized spacial score (nSPS) is 10.8. The Morgan fingerprint density at radius 3 is 2.77 bits per heavy atom. The van der Waals surface area contributed by atoms with E-state index in [-0.39, 0.29) is 11.7 Å². The molecule has 1 heterocycles. The van der Waals surface area contributed by atoms with E-state index in [9.17, 15) is 9.18 Å². The number of aromatic nitrogens is 2. The fourth-order valence-electron chi connectivity index (χ4n) is 2.65. The van der Waals surface area contributed by atoms with Gasteiger partial charge in [0, 0.05) is 13.1 Å². The summed E-state index contributed by atoms with van der Waals surface area (Å²) in [6.45, 7) is 4.96. The molecule has 0 aliphatic heterocycles. The molecule has 1 aromatic heterocycles. The number of hydrogen-bond acceptors (Lipinski definition) is 3. The van der Waals surface area contributed by atoms with Crippen LogP contribution in [0.4, 0.5) is 4.39 Å². The SMILES string of the molecule is C=CCn1c(SCC(=O)NCCc2ccc(F)cc2)nc2ccccc21. The number of benzene rings is 2. The van der Waals surface area contributed by atoms with Crippen LogP contribution in [0.15, 0.2) is 66.3 Å². The molecule has 0 saturated heterocycles. The number of nitrogens with one attached hydrogen (secondary N) is 1. The maximum absolute atomic E-state index is 12.9. The Morgan fingerprint density at radius 2 is 2.00 bits per heavy atom. The highest BCUT2D eigenvalue weighted by molar-refractivity contribution is 7.99. The van der Waals surface area contributed by atoms with Crippen molar-refractivity contribution in [3.05, 3.63) is 72.6 Å². The average Bonchev–Trinajstić information content (AvgIpc) is 3.00. The minimum absolute atomic E-state index is 0.0469. The highest BCUT2D eigenvalue weighted by Crippen LogP contribution is 2.23. The quantitative estimate of drug-likeness (QED) is 0.485. The molecule has 4 nitrogen and oxygen atoms in total. The smallest absolute Gasteiger partial charge is 0.230 e. The molecule has 0 unspecified atom stereocenters. The minimum atomic E-state index is -0.253. The van der Waals surface area contributed by atoms with Gasteiger partial charge in [0.25, 0.3) is 0 Å². The zero-order valence-electron chi connectivity index (χ0n) is 14.3. The molecule has 0 saturated carbocycles. The van der Waals surface area contributed by atoms with E-state index >= 15 is 0 Å². The number of carbonyl (C=O) groups is 1. The van der Waals surface area contributed by atoms with Gasteiger partial charge >= 0.3 is 0 Å². The Morgan fingerprint density at radius 1 is 1.23 bits per heavy atom. The lowest BCUT2D eigenvalue weighted by molar-refractivity contribution is -0.118. The lowest BCUT2D eigenvalue weighted by Gasteiger charge is -2.07. The number of halogens is 1. The molecule has 26 heavy (non-hydrogen) atoms. The largest absolute Gasteiger partial charge is 0.355 e. The summed E-state index contributed by atoms with van der Waals surface area (Å²) in [5, 5.41) is 3.70. The van der Waals surface area contributed by atoms with Crippen molar-refractivity contribution in [2.45, 2.75) is 18.1 Å². The molecule has 3 aromatic rings. The Labute approximate surface area is 156 Å². The molecule has 6 heteroatoms. The van der Waals surface area contributed by atoms with Crippen molar-refractivity contribution in [3.8, 4) is 0 Å². The third-order valence-corrected chi connectivity index (χ3v) is 4.89. The highest BCUT2D eigenvalue weighted by atomic mass is 32.2. The van der Waals surface area contributed by atoms with Crippen LogP contribution in [-0.4, -0.2) is 27.8 Å². The molecule has 0 aliphatic carbocycles. The van der Waals surface area contributed by atoms with E-state index in [1.54, 1.807) is 12.1 Å². The molecule has 1 N–H and O–H groups in total. The highest BCUT2D eigenvalue weighted by Gasteiger charge is 2.11. The molecule has 134 valence electrons. The van der Waals surface area contributed by atoms with Crippen molar-refractivity contribution in [1.29, 1.82) is 0 Å². The third kappa shape index (κ3) is 4.52. The molecule has 0 bridgehead atoms. The fraction of sp³-hybridized carbons (Fsp3) is 0.200. The Balaban J connectivity index is 1.54. The molecule has 1 amide bonds. The topological polar surface area (TPSA) is 46.9 Å². The van der Waals surface area contributed by atoms with E-state index in [4.69, 9.17) is 0 Å². The van der Waals surface area contributed by atoms with Gasteiger partial charge in [-0.1, -0.05) is 42.1 Å². The molecule has 3 rings (SSSR count). The molecule has 2 aromatic carbocycles. The monoisotopic (exact) mass is 369 g/mol. The number of fused-ring (bicyclic) bond motifs is 1. The van der Waals surface area contributed by atoms with E-state index in [1.165, 1.54) is 23.9 Å². The van der Waals surface area contributed by atoms with Crippen molar-refractivity contribution >= 4 is 28.7 Å². The first-order valence-corrected chi connectivity index (χ1v) is 9.36. The number of allylic oxidation sites excluding steroid dienone is 1. The van der Waals surface area contributed by atoms with Crippen LogP contribution in [0.25, 0.3) is 11.0 Å². The summed E-state index contributed by atoms with van der Waals surface area (Å²) >= 11 is 1.41. The van der Waals surface area contributed by atoms with E-state index < -0.39 is 0 Å². The van der Waals surface area contributed by atoms with Crippen molar-refractivity contribution in [1.82, 2.24) is 14.9 Å². The van der Waals surface area contributed by atoms with E-state index in [1.807, 2.05) is 30.3 Å². The molecular formula is C20H20FN3OS. The van der Waals surface area contributed by atoms with Gasteiger partial charge in [-0.2, -0.15) is 0 Å². The number of nitrogens with zero attached hydrogens (tertiary/aromatic N) is 2. The van der Waals surface area contributed by atoms with Gasteiger partial charge in [-0.15, -0.1) is 6.58 Å². The lowest BCUT2D eigenvalue weighted by atomic mass is 10.1. The number of hydrogen-bond donors (Lipinski definition) is 1. The molecule has 0 spiro atoms. The van der Waals surface area contributed by atoms with E-state index in [2.05, 4.69) is 21.4 Å². The number of rotatable bonds is 8. The molecule has 0 atom stereocenters. The van der Waals surface area contributed by atoms with E-state index in [0.29, 0.717) is 25.3 Å². The van der Waals surface area contributed by atoms with Gasteiger partial charge in [0.15, 0.2) is 5.16 Å². The fourth-order valence-corrected chi connectivity index (χ4v) is 3.50. The van der Waals surface area contributed by atoms with Gasteiger partial charge in [-0.05, 0) is 36.2 Å². The summed E-state index contributed by atoms with van der Waals surface area (Å²) in [5.74, 6) is -0.00456. The van der Waals surface area contributed by atoms with Crippen LogP contribution in [-0.2, 0) is 17.8 Å². The lowest BCUT2D eigenvalue weighted by Crippen LogP contribution is -2.27. The maximum atomic E-state index is 12.9. The number of thioether (sulfide) groups is 1. The van der Waals surface area contributed by atoms with Gasteiger partial charge in [-0.3, -0.25) is 4.79 Å². The van der Waals surface area contributed by atoms with Crippen LogP contribution < -0.4 is 5.32 Å². The molecular weight excluding hydrogens is 349 g/mol. The molecule has 0 aliphatic rings. The second-order valence-electron chi connectivity index (χ2n) is 5.80. The van der Waals surface area contributed by atoms with Crippen LogP contribution in [0.3, 0.4) is 0 Å². The summed E-state index contributed by atoms with van der Waals surface area (Å²) < 4.78 is 14.9. The number of amides is 1. The van der Waals surface area contributed by atoms with Gasteiger partial charge in [-0.25, -0.2) is 9.37 Å². The summed E-state index contributed by atoms with van der Waals surface area (Å²) in [6, 6.07) is 14.2. The Kier molecular flexibility index (Phi) is 6.07. The van der Waals surface area contributed by atoms with Crippen LogP contribution >= 0.6 is 11.8 Å². The van der Waals surface area contributed by atoms with Crippen LogP contribution in [0.1, 0.15) is 5.56 Å². The van der Waals surface area contributed by atoms with Crippen LogP contribution in [0, 0.1) is 5.82 Å². The second-order valence-corrected chi connectivity index (χ2v) is 6.74. The first kappa shape index (κ1) is 18.2. The molecule has 0 radical (unpaired) electrons. The van der Waals surface area contributed by atoms with Gasteiger partial charge in [0.05, 0.1) is 16.8 Å². The first-order chi connectivity index (χ1) is 12.7. The standard InChI is InChI=1S/C20H20FN3OS/c1-2-13-24-18-6-4-3-5-17(18)23-20(24)26-14-19(25)22-12-11-15-7-9-16(21)10-8-15/h2-10H,1,11-14H2,(H,22,25). The number of para-hydroxylation sites is 2. The zero-order valence-corrected chi connectivity index (χ0v) is 15.1. The van der Waals surface area contributed by atoms with Crippen LogP contribution in [0.2, 0.25) is 0 Å². The van der Waals surface area contributed by atoms with Crippen LogP contribution in [0.5, 0.6) is 0 Å². The van der Waals surface area contributed by atoms with Crippen molar-refractivity contribution < 1.29 is 9.18 Å². The third-order valence-electron chi connectivity index (χ3n) is 3.91.